The van der Waals surface area contributed by atoms with Gasteiger partial charge in [-0.15, -0.1) is 0 Å². The monoisotopic (exact) mass is 231 g/mol. The quantitative estimate of drug-likeness (QED) is 0.875. The molecule has 0 fully saturated rings. The van der Waals surface area contributed by atoms with Crippen molar-refractivity contribution >= 4 is 0 Å². The van der Waals surface area contributed by atoms with Gasteiger partial charge in [0.05, 0.1) is 6.20 Å². The predicted octanol–water partition coefficient (Wildman–Crippen LogP) is 2.12. The zero-order valence-corrected chi connectivity index (χ0v) is 9.60. The second kappa shape index (κ2) is 5.50. The van der Waals surface area contributed by atoms with Gasteiger partial charge in [0, 0.05) is 12.2 Å². The van der Waals surface area contributed by atoms with Crippen molar-refractivity contribution in [2.45, 2.75) is 12.5 Å². The fourth-order valence-electron chi connectivity index (χ4n) is 1.75. The van der Waals surface area contributed by atoms with Crippen molar-refractivity contribution in [1.29, 1.82) is 0 Å². The molecule has 0 spiro atoms. The van der Waals surface area contributed by atoms with E-state index in [1.54, 1.807) is 24.5 Å². The van der Waals surface area contributed by atoms with Crippen molar-refractivity contribution in [2.24, 2.45) is 0 Å². The Hall–Kier alpha value is -1.81. The van der Waals surface area contributed by atoms with Gasteiger partial charge in [0.25, 0.3) is 0 Å². The number of hydrogen-bond acceptors (Lipinski definition) is 3. The van der Waals surface area contributed by atoms with E-state index in [0.29, 0.717) is 0 Å². The SMILES string of the molecule is CNC(Cc1ccc(F)cc1)c1ccnnc1. The van der Waals surface area contributed by atoms with E-state index in [9.17, 15) is 4.39 Å². The van der Waals surface area contributed by atoms with Gasteiger partial charge in [-0.3, -0.25) is 0 Å². The Bertz CT molecular complexity index is 456. The molecule has 1 aromatic heterocycles. The van der Waals surface area contributed by atoms with Crippen LogP contribution in [-0.4, -0.2) is 17.2 Å². The van der Waals surface area contributed by atoms with E-state index in [1.165, 1.54) is 12.1 Å². The normalized spacial score (nSPS) is 12.4. The predicted molar refractivity (Wildman–Crippen MR) is 63.9 cm³/mol. The summed E-state index contributed by atoms with van der Waals surface area (Å²) in [7, 11) is 1.90. The van der Waals surface area contributed by atoms with Crippen LogP contribution < -0.4 is 5.32 Å². The first kappa shape index (κ1) is 11.7. The Labute approximate surface area is 99.7 Å². The summed E-state index contributed by atoms with van der Waals surface area (Å²) in [5.41, 5.74) is 2.16. The standard InChI is InChI=1S/C13H14FN3/c1-15-13(11-6-7-16-17-9-11)8-10-2-4-12(14)5-3-10/h2-7,9,13,15H,8H2,1H3. The van der Waals surface area contributed by atoms with E-state index in [2.05, 4.69) is 15.5 Å². The average molecular weight is 231 g/mol. The molecule has 1 unspecified atom stereocenters. The Balaban J connectivity index is 2.13. The number of aromatic nitrogens is 2. The third-order valence-corrected chi connectivity index (χ3v) is 2.71. The molecule has 1 atom stereocenters. The lowest BCUT2D eigenvalue weighted by Crippen LogP contribution is -2.19. The van der Waals surface area contributed by atoms with Crippen LogP contribution in [0.3, 0.4) is 0 Å². The maximum atomic E-state index is 12.8. The Morgan fingerprint density at radius 1 is 1.18 bits per heavy atom. The molecule has 0 aliphatic heterocycles. The van der Waals surface area contributed by atoms with Gasteiger partial charge in [-0.25, -0.2) is 4.39 Å². The molecule has 0 bridgehead atoms. The second-order valence-corrected chi connectivity index (χ2v) is 3.85. The Morgan fingerprint density at radius 2 is 1.94 bits per heavy atom. The van der Waals surface area contributed by atoms with E-state index in [4.69, 9.17) is 0 Å². The lowest BCUT2D eigenvalue weighted by atomic mass is 10.0. The van der Waals surface area contributed by atoms with Crippen LogP contribution in [0.5, 0.6) is 0 Å². The van der Waals surface area contributed by atoms with Gasteiger partial charge in [0.2, 0.25) is 0 Å². The number of nitrogens with zero attached hydrogens (tertiary/aromatic N) is 2. The molecule has 0 aliphatic carbocycles. The maximum absolute atomic E-state index is 12.8. The molecule has 0 amide bonds. The van der Waals surface area contributed by atoms with Gasteiger partial charge < -0.3 is 5.32 Å². The molecule has 17 heavy (non-hydrogen) atoms. The molecular formula is C13H14FN3. The highest BCUT2D eigenvalue weighted by atomic mass is 19.1. The molecule has 1 heterocycles. The van der Waals surface area contributed by atoms with Crippen LogP contribution in [0.4, 0.5) is 4.39 Å². The summed E-state index contributed by atoms with van der Waals surface area (Å²) in [5, 5.41) is 10.8. The first-order valence-electron chi connectivity index (χ1n) is 5.48. The maximum Gasteiger partial charge on any atom is 0.123 e. The molecular weight excluding hydrogens is 217 g/mol. The fraction of sp³-hybridized carbons (Fsp3) is 0.231. The van der Waals surface area contributed by atoms with Gasteiger partial charge in [-0.2, -0.15) is 10.2 Å². The van der Waals surface area contributed by atoms with Crippen molar-refractivity contribution in [3.05, 3.63) is 59.7 Å². The topological polar surface area (TPSA) is 37.8 Å². The summed E-state index contributed by atoms with van der Waals surface area (Å²) < 4.78 is 12.8. The van der Waals surface area contributed by atoms with Crippen LogP contribution in [-0.2, 0) is 6.42 Å². The number of benzene rings is 1. The van der Waals surface area contributed by atoms with Crippen LogP contribution >= 0.6 is 0 Å². The summed E-state index contributed by atoms with van der Waals surface area (Å²) in [6.07, 6.45) is 4.21. The smallest absolute Gasteiger partial charge is 0.123 e. The molecule has 2 aromatic rings. The van der Waals surface area contributed by atoms with Gasteiger partial charge >= 0.3 is 0 Å². The van der Waals surface area contributed by atoms with Gasteiger partial charge in [-0.1, -0.05) is 12.1 Å². The van der Waals surface area contributed by atoms with Gasteiger partial charge in [0.1, 0.15) is 5.82 Å². The van der Waals surface area contributed by atoms with Crippen molar-refractivity contribution < 1.29 is 4.39 Å². The number of halogens is 1. The molecule has 1 N–H and O–H groups in total. The van der Waals surface area contributed by atoms with Crippen LogP contribution in [0, 0.1) is 5.82 Å². The largest absolute Gasteiger partial charge is 0.313 e. The lowest BCUT2D eigenvalue weighted by Gasteiger charge is -2.15. The molecule has 0 radical (unpaired) electrons. The highest BCUT2D eigenvalue weighted by Crippen LogP contribution is 2.16. The molecule has 88 valence electrons. The molecule has 4 heteroatoms. The number of likely N-dealkylation sites (N-methyl/N-ethyl adjacent to an activating group) is 1. The molecule has 1 aromatic carbocycles. The van der Waals surface area contributed by atoms with Crippen molar-refractivity contribution in [1.82, 2.24) is 15.5 Å². The van der Waals surface area contributed by atoms with Crippen LogP contribution in [0.15, 0.2) is 42.7 Å². The summed E-state index contributed by atoms with van der Waals surface area (Å²) >= 11 is 0. The highest BCUT2D eigenvalue weighted by molar-refractivity contribution is 5.21. The Morgan fingerprint density at radius 3 is 2.53 bits per heavy atom. The van der Waals surface area contributed by atoms with E-state index in [-0.39, 0.29) is 11.9 Å². The van der Waals surface area contributed by atoms with Crippen molar-refractivity contribution in [2.75, 3.05) is 7.05 Å². The minimum atomic E-state index is -0.208. The summed E-state index contributed by atoms with van der Waals surface area (Å²) in [6.45, 7) is 0. The molecule has 0 aliphatic rings. The third-order valence-electron chi connectivity index (χ3n) is 2.71. The van der Waals surface area contributed by atoms with Gasteiger partial charge in [-0.05, 0) is 42.8 Å². The van der Waals surface area contributed by atoms with Crippen molar-refractivity contribution in [3.63, 3.8) is 0 Å². The van der Waals surface area contributed by atoms with Crippen molar-refractivity contribution in [3.8, 4) is 0 Å². The zero-order valence-electron chi connectivity index (χ0n) is 9.60. The van der Waals surface area contributed by atoms with E-state index in [1.807, 2.05) is 13.1 Å². The molecule has 0 saturated carbocycles. The lowest BCUT2D eigenvalue weighted by molar-refractivity contribution is 0.585. The molecule has 3 nitrogen and oxygen atoms in total. The van der Waals surface area contributed by atoms with E-state index < -0.39 is 0 Å². The first-order valence-corrected chi connectivity index (χ1v) is 5.48. The van der Waals surface area contributed by atoms with E-state index in [0.717, 1.165) is 17.5 Å². The molecule has 0 saturated heterocycles. The fourth-order valence-corrected chi connectivity index (χ4v) is 1.75. The number of rotatable bonds is 4. The summed E-state index contributed by atoms with van der Waals surface area (Å²) in [6, 6.07) is 8.65. The Kier molecular flexibility index (Phi) is 3.77. The first-order chi connectivity index (χ1) is 8.29. The number of hydrogen-bond donors (Lipinski definition) is 1. The zero-order chi connectivity index (χ0) is 12.1. The minimum absolute atomic E-state index is 0.163. The minimum Gasteiger partial charge on any atom is -0.313 e. The molecule has 2 rings (SSSR count). The van der Waals surface area contributed by atoms with Gasteiger partial charge in [0.15, 0.2) is 0 Å². The average Bonchev–Trinajstić information content (AvgIpc) is 2.39. The second-order valence-electron chi connectivity index (χ2n) is 3.85. The van der Waals surface area contributed by atoms with Crippen LogP contribution in [0.25, 0.3) is 0 Å². The number of nitrogens with one attached hydrogen (secondary N) is 1. The summed E-state index contributed by atoms with van der Waals surface area (Å²) in [4.78, 5) is 0. The third kappa shape index (κ3) is 3.07. The van der Waals surface area contributed by atoms with Crippen LogP contribution in [0.1, 0.15) is 17.2 Å². The summed E-state index contributed by atoms with van der Waals surface area (Å²) in [5.74, 6) is -0.208. The van der Waals surface area contributed by atoms with E-state index >= 15 is 0 Å². The highest BCUT2D eigenvalue weighted by Gasteiger charge is 2.10. The van der Waals surface area contributed by atoms with Crippen LogP contribution in [0.2, 0.25) is 0 Å².